The highest BCUT2D eigenvalue weighted by Crippen LogP contribution is 2.25. The third-order valence-electron chi connectivity index (χ3n) is 3.53. The molecular formula is C16H19NO2. The lowest BCUT2D eigenvalue weighted by molar-refractivity contribution is 0.558. The molecule has 0 aliphatic rings. The van der Waals surface area contributed by atoms with E-state index < -0.39 is 0 Å². The summed E-state index contributed by atoms with van der Waals surface area (Å²) in [6.07, 6.45) is 1.55. The fourth-order valence-electron chi connectivity index (χ4n) is 2.38. The zero-order valence-electron chi connectivity index (χ0n) is 11.7. The summed E-state index contributed by atoms with van der Waals surface area (Å²) in [5.41, 5.74) is 2.86. The Bertz CT molecular complexity index is 666. The van der Waals surface area contributed by atoms with Crippen LogP contribution in [-0.2, 0) is 0 Å². The summed E-state index contributed by atoms with van der Waals surface area (Å²) in [5.74, 6) is 0. The normalized spacial score (nSPS) is 10.7. The molecule has 0 spiro atoms. The number of fused-ring (bicyclic) bond motifs is 1. The van der Waals surface area contributed by atoms with Gasteiger partial charge in [0.2, 0.25) is 0 Å². The van der Waals surface area contributed by atoms with Crippen LogP contribution in [0, 0.1) is 6.92 Å². The van der Waals surface area contributed by atoms with E-state index in [1.165, 1.54) is 0 Å². The highest BCUT2D eigenvalue weighted by Gasteiger charge is 2.10. The molecule has 3 nitrogen and oxygen atoms in total. The second kappa shape index (κ2) is 5.31. The maximum absolute atomic E-state index is 11.9. The van der Waals surface area contributed by atoms with E-state index in [1.54, 1.807) is 6.08 Å². The van der Waals surface area contributed by atoms with E-state index in [9.17, 15) is 4.79 Å². The van der Waals surface area contributed by atoms with E-state index in [4.69, 9.17) is 4.42 Å². The number of hydrogen-bond donors (Lipinski definition) is 0. The molecule has 0 aliphatic heterocycles. The van der Waals surface area contributed by atoms with Crippen LogP contribution in [0.25, 0.3) is 17.0 Å². The molecule has 0 unspecified atom stereocenters. The van der Waals surface area contributed by atoms with Crippen molar-refractivity contribution >= 4 is 22.7 Å². The summed E-state index contributed by atoms with van der Waals surface area (Å²) in [6, 6.07) is 6.01. The Labute approximate surface area is 113 Å². The quantitative estimate of drug-likeness (QED) is 0.785. The Balaban J connectivity index is 2.68. The number of hydrogen-bond acceptors (Lipinski definition) is 3. The van der Waals surface area contributed by atoms with Gasteiger partial charge in [0, 0.05) is 30.2 Å². The Morgan fingerprint density at radius 1 is 1.32 bits per heavy atom. The van der Waals surface area contributed by atoms with Crippen LogP contribution in [-0.4, -0.2) is 13.1 Å². The van der Waals surface area contributed by atoms with E-state index >= 15 is 0 Å². The monoisotopic (exact) mass is 257 g/mol. The minimum atomic E-state index is -0.323. The van der Waals surface area contributed by atoms with Crippen LogP contribution < -0.4 is 10.5 Å². The van der Waals surface area contributed by atoms with Crippen molar-refractivity contribution in [2.75, 3.05) is 18.0 Å². The average Bonchev–Trinajstić information content (AvgIpc) is 2.40. The highest BCUT2D eigenvalue weighted by molar-refractivity contribution is 5.85. The molecule has 100 valence electrons. The summed E-state index contributed by atoms with van der Waals surface area (Å²) >= 11 is 0. The Hall–Kier alpha value is -2.03. The average molecular weight is 257 g/mol. The lowest BCUT2D eigenvalue weighted by atomic mass is 10.1. The molecule has 1 aromatic heterocycles. The summed E-state index contributed by atoms with van der Waals surface area (Å²) in [5, 5.41) is 0.963. The van der Waals surface area contributed by atoms with Crippen LogP contribution in [0.1, 0.15) is 25.0 Å². The van der Waals surface area contributed by atoms with Gasteiger partial charge in [-0.05, 0) is 38.5 Å². The lowest BCUT2D eigenvalue weighted by Gasteiger charge is -2.21. The summed E-state index contributed by atoms with van der Waals surface area (Å²) in [7, 11) is 0. The molecule has 1 aromatic carbocycles. The maximum atomic E-state index is 11.9. The SMILES string of the molecule is C=Cc1c(C)c2ccc(N(CC)CC)cc2oc1=O. The van der Waals surface area contributed by atoms with Crippen molar-refractivity contribution in [3.63, 3.8) is 0 Å². The van der Waals surface area contributed by atoms with Crippen molar-refractivity contribution in [3.05, 3.63) is 46.3 Å². The van der Waals surface area contributed by atoms with Crippen LogP contribution >= 0.6 is 0 Å². The zero-order valence-corrected chi connectivity index (χ0v) is 11.7. The number of nitrogens with zero attached hydrogens (tertiary/aromatic N) is 1. The summed E-state index contributed by atoms with van der Waals surface area (Å²) < 4.78 is 5.39. The molecule has 0 fully saturated rings. The van der Waals surface area contributed by atoms with E-state index in [0.29, 0.717) is 11.1 Å². The Kier molecular flexibility index (Phi) is 3.74. The molecule has 19 heavy (non-hydrogen) atoms. The third-order valence-corrected chi connectivity index (χ3v) is 3.53. The first kappa shape index (κ1) is 13.4. The molecule has 0 saturated heterocycles. The van der Waals surface area contributed by atoms with Crippen molar-refractivity contribution in [2.24, 2.45) is 0 Å². The molecule has 0 N–H and O–H groups in total. The second-order valence-corrected chi connectivity index (χ2v) is 4.49. The van der Waals surface area contributed by atoms with Crippen molar-refractivity contribution < 1.29 is 4.42 Å². The van der Waals surface area contributed by atoms with Crippen molar-refractivity contribution in [1.82, 2.24) is 0 Å². The van der Waals surface area contributed by atoms with Gasteiger partial charge in [0.25, 0.3) is 0 Å². The highest BCUT2D eigenvalue weighted by atomic mass is 16.4. The number of benzene rings is 1. The molecule has 0 saturated carbocycles. The zero-order chi connectivity index (χ0) is 14.0. The first-order chi connectivity index (χ1) is 9.12. The van der Waals surface area contributed by atoms with Gasteiger partial charge in [-0.3, -0.25) is 0 Å². The first-order valence-electron chi connectivity index (χ1n) is 6.57. The van der Waals surface area contributed by atoms with Crippen LogP contribution in [0.2, 0.25) is 0 Å². The van der Waals surface area contributed by atoms with Gasteiger partial charge in [-0.1, -0.05) is 12.7 Å². The largest absolute Gasteiger partial charge is 0.422 e. The topological polar surface area (TPSA) is 33.5 Å². The second-order valence-electron chi connectivity index (χ2n) is 4.49. The van der Waals surface area contributed by atoms with Gasteiger partial charge in [0.1, 0.15) is 5.58 Å². The Morgan fingerprint density at radius 3 is 2.58 bits per heavy atom. The lowest BCUT2D eigenvalue weighted by Crippen LogP contribution is -2.21. The Morgan fingerprint density at radius 2 is 2.00 bits per heavy atom. The first-order valence-corrected chi connectivity index (χ1v) is 6.57. The maximum Gasteiger partial charge on any atom is 0.343 e. The number of rotatable bonds is 4. The predicted molar refractivity (Wildman–Crippen MR) is 80.9 cm³/mol. The number of anilines is 1. The van der Waals surface area contributed by atoms with E-state index in [2.05, 4.69) is 31.4 Å². The summed E-state index contributed by atoms with van der Waals surface area (Å²) in [6.45, 7) is 11.7. The van der Waals surface area contributed by atoms with Gasteiger partial charge in [-0.25, -0.2) is 4.79 Å². The molecule has 0 aliphatic carbocycles. The van der Waals surface area contributed by atoms with E-state index in [0.717, 1.165) is 29.7 Å². The predicted octanol–water partition coefficient (Wildman–Crippen LogP) is 3.59. The van der Waals surface area contributed by atoms with Gasteiger partial charge in [0.15, 0.2) is 0 Å². The van der Waals surface area contributed by atoms with Gasteiger partial charge in [-0.15, -0.1) is 0 Å². The minimum Gasteiger partial charge on any atom is -0.422 e. The van der Waals surface area contributed by atoms with Crippen LogP contribution in [0.3, 0.4) is 0 Å². The van der Waals surface area contributed by atoms with Gasteiger partial charge < -0.3 is 9.32 Å². The van der Waals surface area contributed by atoms with Gasteiger partial charge >= 0.3 is 5.63 Å². The fraction of sp³-hybridized carbons (Fsp3) is 0.312. The fourth-order valence-corrected chi connectivity index (χ4v) is 2.38. The van der Waals surface area contributed by atoms with E-state index in [1.807, 2.05) is 19.1 Å². The molecule has 0 atom stereocenters. The van der Waals surface area contributed by atoms with Gasteiger partial charge in [-0.2, -0.15) is 0 Å². The standard InChI is InChI=1S/C16H19NO2/c1-5-13-11(4)14-9-8-12(17(6-2)7-3)10-15(14)19-16(13)18/h5,8-10H,1,6-7H2,2-4H3. The van der Waals surface area contributed by atoms with Gasteiger partial charge in [0.05, 0.1) is 5.56 Å². The molecule has 1 heterocycles. The molecule has 3 heteroatoms. The molecule has 2 aromatic rings. The molecule has 2 rings (SSSR count). The smallest absolute Gasteiger partial charge is 0.343 e. The van der Waals surface area contributed by atoms with Crippen LogP contribution in [0.5, 0.6) is 0 Å². The molecular weight excluding hydrogens is 238 g/mol. The van der Waals surface area contributed by atoms with Crippen molar-refractivity contribution in [3.8, 4) is 0 Å². The molecule has 0 bridgehead atoms. The van der Waals surface area contributed by atoms with Crippen LogP contribution in [0.15, 0.2) is 34.0 Å². The van der Waals surface area contributed by atoms with Crippen molar-refractivity contribution in [2.45, 2.75) is 20.8 Å². The van der Waals surface area contributed by atoms with E-state index in [-0.39, 0.29) is 5.63 Å². The molecule has 0 amide bonds. The number of aryl methyl sites for hydroxylation is 1. The summed E-state index contributed by atoms with van der Waals surface area (Å²) in [4.78, 5) is 14.1. The molecule has 0 radical (unpaired) electrons. The third kappa shape index (κ3) is 2.28. The minimum absolute atomic E-state index is 0.323. The van der Waals surface area contributed by atoms with Crippen LogP contribution in [0.4, 0.5) is 5.69 Å². The van der Waals surface area contributed by atoms with Crippen molar-refractivity contribution in [1.29, 1.82) is 0 Å².